The van der Waals surface area contributed by atoms with Crippen LogP contribution in [0.25, 0.3) is 0 Å². The van der Waals surface area contributed by atoms with Crippen LogP contribution in [0.2, 0.25) is 0 Å². The number of nitrogens with zero attached hydrogens (tertiary/aromatic N) is 1. The number of phenols is 1. The van der Waals surface area contributed by atoms with Crippen molar-refractivity contribution in [2.45, 2.75) is 6.18 Å². The minimum Gasteiger partial charge on any atom is -0.508 e. The molecule has 0 spiro atoms. The number of aromatic hydroxyl groups is 1. The van der Waals surface area contributed by atoms with Gasteiger partial charge in [-0.2, -0.15) is 13.2 Å². The Morgan fingerprint density at radius 2 is 1.87 bits per heavy atom. The van der Waals surface area contributed by atoms with E-state index in [1.54, 1.807) is 0 Å². The fourth-order valence-corrected chi connectivity index (χ4v) is 0.910. The molecule has 0 aliphatic heterocycles. The van der Waals surface area contributed by atoms with Gasteiger partial charge in [-0.05, 0) is 12.1 Å². The maximum Gasteiger partial charge on any atom is 0.423 e. The van der Waals surface area contributed by atoms with Crippen LogP contribution in [0.1, 0.15) is 5.56 Å². The third-order valence-corrected chi connectivity index (χ3v) is 1.48. The number of hydrogen-bond acceptors (Lipinski definition) is 4. The number of nitro benzene ring substituents is 1. The fourth-order valence-electron chi connectivity index (χ4n) is 0.910. The summed E-state index contributed by atoms with van der Waals surface area (Å²) in [5.74, 6) is -0.664. The monoisotopic (exact) mass is 224 g/mol. The van der Waals surface area contributed by atoms with E-state index in [-0.39, 0.29) is 6.15 Å². The highest BCUT2D eigenvalue weighted by Gasteiger charge is 2.38. The van der Waals surface area contributed by atoms with Gasteiger partial charge in [-0.15, -0.1) is 0 Å². The lowest BCUT2D eigenvalue weighted by molar-refractivity contribution is -0.388. The molecule has 0 bridgehead atoms. The number of rotatable bonds is 1. The molecule has 0 amide bonds. The van der Waals surface area contributed by atoms with Gasteiger partial charge in [-0.25, -0.2) is 0 Å². The molecule has 8 heteroatoms. The molecule has 0 heterocycles. The second kappa shape index (κ2) is 4.13. The van der Waals surface area contributed by atoms with E-state index in [2.05, 4.69) is 0 Å². The highest BCUT2D eigenvalue weighted by Crippen LogP contribution is 2.37. The van der Waals surface area contributed by atoms with Crippen LogP contribution in [0.3, 0.4) is 0 Å². The minimum absolute atomic E-state index is 0. The first kappa shape index (κ1) is 13.2. The average Bonchev–Trinajstić information content (AvgIpc) is 2.01. The van der Waals surface area contributed by atoms with Gasteiger partial charge in [0, 0.05) is 6.07 Å². The van der Waals surface area contributed by atoms with Crippen LogP contribution in [-0.4, -0.2) is 10.0 Å². The molecule has 0 unspecified atom stereocenters. The molecule has 0 aromatic heterocycles. The van der Waals surface area contributed by atoms with Gasteiger partial charge in [0.25, 0.3) is 5.69 Å². The number of phenolic OH excluding ortho intramolecular Hbond substituents is 1. The topological polar surface area (TPSA) is 98.4 Å². The zero-order chi connectivity index (χ0) is 10.9. The smallest absolute Gasteiger partial charge is 0.423 e. The van der Waals surface area contributed by atoms with Gasteiger partial charge in [0.05, 0.1) is 4.92 Å². The van der Waals surface area contributed by atoms with E-state index in [1.807, 2.05) is 0 Å². The van der Waals surface area contributed by atoms with Gasteiger partial charge in [0.2, 0.25) is 0 Å². The van der Waals surface area contributed by atoms with Crippen LogP contribution in [0, 0.1) is 10.1 Å². The van der Waals surface area contributed by atoms with E-state index in [0.29, 0.717) is 12.1 Å². The van der Waals surface area contributed by atoms with Crippen LogP contribution in [0.15, 0.2) is 18.2 Å². The standard InChI is InChI=1S/C7H4F3NO3.H3N/c8-7(9,10)5-3-4(12)1-2-6(5)11(13)14;/h1-3,12H;1H3. The normalized spacial score (nSPS) is 10.6. The quantitative estimate of drug-likeness (QED) is 0.565. The molecule has 0 aliphatic carbocycles. The number of benzene rings is 1. The van der Waals surface area contributed by atoms with Crippen LogP contribution >= 0.6 is 0 Å². The van der Waals surface area contributed by atoms with Crippen LogP contribution < -0.4 is 6.15 Å². The van der Waals surface area contributed by atoms with E-state index in [0.717, 1.165) is 6.07 Å². The van der Waals surface area contributed by atoms with Gasteiger partial charge in [0.1, 0.15) is 11.3 Å². The average molecular weight is 224 g/mol. The molecule has 15 heavy (non-hydrogen) atoms. The van der Waals surface area contributed by atoms with Crippen molar-refractivity contribution in [1.29, 1.82) is 0 Å². The molecule has 0 saturated carbocycles. The Morgan fingerprint density at radius 1 is 1.33 bits per heavy atom. The Bertz CT molecular complexity index is 378. The zero-order valence-corrected chi connectivity index (χ0v) is 7.28. The Labute approximate surface area is 81.9 Å². The van der Waals surface area contributed by atoms with Crippen LogP contribution in [0.5, 0.6) is 5.75 Å². The predicted molar refractivity (Wildman–Crippen MR) is 44.8 cm³/mol. The summed E-state index contributed by atoms with van der Waals surface area (Å²) in [5.41, 5.74) is -2.53. The summed E-state index contributed by atoms with van der Waals surface area (Å²) >= 11 is 0. The van der Waals surface area contributed by atoms with Crippen molar-refractivity contribution >= 4 is 5.69 Å². The SMILES string of the molecule is N.O=[N+]([O-])c1ccc(O)cc1C(F)(F)F. The van der Waals surface area contributed by atoms with Gasteiger partial charge in [-0.1, -0.05) is 0 Å². The number of hydrogen-bond donors (Lipinski definition) is 2. The molecule has 1 aromatic rings. The highest BCUT2D eigenvalue weighted by atomic mass is 19.4. The Kier molecular flexibility index (Phi) is 3.63. The molecule has 0 fully saturated rings. The van der Waals surface area contributed by atoms with Crippen molar-refractivity contribution < 1.29 is 23.2 Å². The lowest BCUT2D eigenvalue weighted by atomic mass is 10.1. The predicted octanol–water partition coefficient (Wildman–Crippen LogP) is 2.48. The lowest BCUT2D eigenvalue weighted by Crippen LogP contribution is -2.08. The molecular weight excluding hydrogens is 217 g/mol. The first-order valence-corrected chi connectivity index (χ1v) is 3.37. The van der Waals surface area contributed by atoms with E-state index in [9.17, 15) is 23.3 Å². The summed E-state index contributed by atoms with van der Waals surface area (Å²) in [6.45, 7) is 0. The van der Waals surface area contributed by atoms with E-state index < -0.39 is 28.1 Å². The van der Waals surface area contributed by atoms with Crippen molar-refractivity contribution in [1.82, 2.24) is 6.15 Å². The summed E-state index contributed by atoms with van der Waals surface area (Å²) in [6.07, 6.45) is -4.85. The first-order chi connectivity index (χ1) is 6.32. The second-order valence-corrected chi connectivity index (χ2v) is 2.46. The third-order valence-electron chi connectivity index (χ3n) is 1.48. The first-order valence-electron chi connectivity index (χ1n) is 3.37. The maximum absolute atomic E-state index is 12.2. The molecule has 0 radical (unpaired) electrons. The second-order valence-electron chi connectivity index (χ2n) is 2.46. The molecule has 0 saturated heterocycles. The summed E-state index contributed by atoms with van der Waals surface area (Å²) in [7, 11) is 0. The Balaban J connectivity index is 0.00000196. The third kappa shape index (κ3) is 2.81. The summed E-state index contributed by atoms with van der Waals surface area (Å²) in [6, 6.07) is 1.75. The number of halogens is 3. The van der Waals surface area contributed by atoms with Crippen molar-refractivity contribution in [3.05, 3.63) is 33.9 Å². The molecule has 4 N–H and O–H groups in total. The van der Waals surface area contributed by atoms with Crippen LogP contribution in [-0.2, 0) is 6.18 Å². The van der Waals surface area contributed by atoms with Crippen molar-refractivity contribution in [2.75, 3.05) is 0 Å². The number of nitro groups is 1. The highest BCUT2D eigenvalue weighted by molar-refractivity contribution is 5.46. The van der Waals surface area contributed by atoms with Gasteiger partial charge < -0.3 is 11.3 Å². The molecule has 1 aromatic carbocycles. The van der Waals surface area contributed by atoms with Gasteiger partial charge in [0.15, 0.2) is 0 Å². The zero-order valence-electron chi connectivity index (χ0n) is 7.28. The van der Waals surface area contributed by atoms with Crippen LogP contribution in [0.4, 0.5) is 18.9 Å². The van der Waals surface area contributed by atoms with E-state index >= 15 is 0 Å². The molecule has 0 aliphatic rings. The molecule has 1 rings (SSSR count). The maximum atomic E-state index is 12.2. The lowest BCUT2D eigenvalue weighted by Gasteiger charge is -2.06. The Hall–Kier alpha value is -1.83. The molecule has 5 nitrogen and oxygen atoms in total. The summed E-state index contributed by atoms with van der Waals surface area (Å²) < 4.78 is 36.5. The fraction of sp³-hybridized carbons (Fsp3) is 0.143. The van der Waals surface area contributed by atoms with Gasteiger partial charge >= 0.3 is 6.18 Å². The van der Waals surface area contributed by atoms with E-state index in [4.69, 9.17) is 5.11 Å². The van der Waals surface area contributed by atoms with Gasteiger partial charge in [-0.3, -0.25) is 10.1 Å². The molecular formula is C7H7F3N2O3. The molecule has 0 atom stereocenters. The number of alkyl halides is 3. The minimum atomic E-state index is -4.85. The van der Waals surface area contributed by atoms with Crippen molar-refractivity contribution in [3.63, 3.8) is 0 Å². The summed E-state index contributed by atoms with van der Waals surface area (Å²) in [4.78, 5) is 9.05. The largest absolute Gasteiger partial charge is 0.508 e. The van der Waals surface area contributed by atoms with E-state index in [1.165, 1.54) is 0 Å². The summed E-state index contributed by atoms with van der Waals surface area (Å²) in [5, 5.41) is 19.0. The Morgan fingerprint density at radius 3 is 2.27 bits per heavy atom. The van der Waals surface area contributed by atoms with Crippen molar-refractivity contribution in [3.8, 4) is 5.75 Å². The molecule has 84 valence electrons. The van der Waals surface area contributed by atoms with Crippen molar-refractivity contribution in [2.24, 2.45) is 0 Å².